The number of rotatable bonds is 7. The SMILES string of the molecule is CCOC(=O)C1=Cc2ccc(OCCCN3CCCCC3)cc2NC1.[HH]. The molecule has 1 saturated heterocycles. The van der Waals surface area contributed by atoms with Crippen LogP contribution in [0.5, 0.6) is 5.75 Å². The van der Waals surface area contributed by atoms with Gasteiger partial charge in [0, 0.05) is 26.3 Å². The zero-order valence-electron chi connectivity index (χ0n) is 15.1. The van der Waals surface area contributed by atoms with Crippen molar-refractivity contribution in [3.05, 3.63) is 29.3 Å². The summed E-state index contributed by atoms with van der Waals surface area (Å²) in [6, 6.07) is 5.96. The predicted molar refractivity (Wildman–Crippen MR) is 102 cm³/mol. The monoisotopic (exact) mass is 346 g/mol. The lowest BCUT2D eigenvalue weighted by atomic mass is 10.0. The Kier molecular flexibility index (Phi) is 6.34. The van der Waals surface area contributed by atoms with Gasteiger partial charge in [-0.2, -0.15) is 0 Å². The highest BCUT2D eigenvalue weighted by atomic mass is 16.5. The maximum absolute atomic E-state index is 11.8. The maximum atomic E-state index is 11.8. The van der Waals surface area contributed by atoms with Crippen LogP contribution in [0.3, 0.4) is 0 Å². The van der Waals surface area contributed by atoms with E-state index in [4.69, 9.17) is 9.47 Å². The Bertz CT molecular complexity index is 627. The lowest BCUT2D eigenvalue weighted by molar-refractivity contribution is -0.138. The van der Waals surface area contributed by atoms with Gasteiger partial charge in [0.05, 0.1) is 18.8 Å². The maximum Gasteiger partial charge on any atom is 0.335 e. The minimum Gasteiger partial charge on any atom is -0.493 e. The van der Waals surface area contributed by atoms with Crippen LogP contribution >= 0.6 is 0 Å². The standard InChI is InChI=1S/C20H28N2O3.H2/c1-2-24-20(23)17-13-16-7-8-18(14-19(16)21-15-17)25-12-6-11-22-9-4-3-5-10-22;/h7-8,13-14,21H,2-6,9-12,15H2,1H3;1H. The number of anilines is 1. The number of likely N-dealkylation sites (tertiary alicyclic amines) is 1. The van der Waals surface area contributed by atoms with Crippen molar-refractivity contribution in [1.82, 2.24) is 4.90 Å². The number of piperidine rings is 1. The molecule has 5 heteroatoms. The number of hydrogen-bond acceptors (Lipinski definition) is 5. The van der Waals surface area contributed by atoms with Crippen LogP contribution in [0.15, 0.2) is 23.8 Å². The first-order valence-corrected chi connectivity index (χ1v) is 9.37. The molecule has 2 aliphatic rings. The number of benzene rings is 1. The van der Waals surface area contributed by atoms with Gasteiger partial charge in [0.25, 0.3) is 0 Å². The van der Waals surface area contributed by atoms with Gasteiger partial charge in [-0.25, -0.2) is 4.79 Å². The third kappa shape index (κ3) is 4.98. The fourth-order valence-electron chi connectivity index (χ4n) is 3.35. The van der Waals surface area contributed by atoms with Crippen molar-refractivity contribution >= 4 is 17.7 Å². The van der Waals surface area contributed by atoms with Gasteiger partial charge in [-0.3, -0.25) is 0 Å². The fourth-order valence-corrected chi connectivity index (χ4v) is 3.35. The summed E-state index contributed by atoms with van der Waals surface area (Å²) in [5.41, 5.74) is 2.65. The van der Waals surface area contributed by atoms with Gasteiger partial charge in [0.2, 0.25) is 0 Å². The Morgan fingerprint density at radius 1 is 1.28 bits per heavy atom. The summed E-state index contributed by atoms with van der Waals surface area (Å²) in [6.45, 7) is 7.03. The average molecular weight is 346 g/mol. The molecule has 2 heterocycles. The molecule has 138 valence electrons. The molecule has 1 aromatic rings. The Hall–Kier alpha value is -2.01. The number of carbonyl (C=O) groups is 1. The Morgan fingerprint density at radius 3 is 2.92 bits per heavy atom. The van der Waals surface area contributed by atoms with Gasteiger partial charge < -0.3 is 19.7 Å². The smallest absolute Gasteiger partial charge is 0.335 e. The van der Waals surface area contributed by atoms with Crippen LogP contribution in [0, 0.1) is 0 Å². The van der Waals surface area contributed by atoms with Gasteiger partial charge in [-0.1, -0.05) is 6.42 Å². The first-order valence-electron chi connectivity index (χ1n) is 9.37. The second-order valence-electron chi connectivity index (χ2n) is 6.60. The van der Waals surface area contributed by atoms with Crippen LogP contribution in [0.1, 0.15) is 39.6 Å². The van der Waals surface area contributed by atoms with Gasteiger partial charge in [0.1, 0.15) is 5.75 Å². The lowest BCUT2D eigenvalue weighted by Gasteiger charge is -2.26. The minimum atomic E-state index is -0.251. The van der Waals surface area contributed by atoms with Crippen LogP contribution in [0.4, 0.5) is 5.69 Å². The van der Waals surface area contributed by atoms with E-state index in [1.165, 1.54) is 32.4 Å². The van der Waals surface area contributed by atoms with E-state index in [0.717, 1.165) is 36.6 Å². The highest BCUT2D eigenvalue weighted by Gasteiger charge is 2.17. The quantitative estimate of drug-likeness (QED) is 0.604. The number of fused-ring (bicyclic) bond motifs is 1. The van der Waals surface area contributed by atoms with Crippen LogP contribution < -0.4 is 10.1 Å². The predicted octanol–water partition coefficient (Wildman–Crippen LogP) is 3.56. The van der Waals surface area contributed by atoms with Crippen molar-refractivity contribution in [2.24, 2.45) is 0 Å². The molecular weight excluding hydrogens is 316 g/mol. The molecular formula is C20H30N2O3. The van der Waals surface area contributed by atoms with Gasteiger partial charge in [-0.15, -0.1) is 0 Å². The summed E-state index contributed by atoms with van der Waals surface area (Å²) in [7, 11) is 0. The van der Waals surface area contributed by atoms with E-state index in [2.05, 4.69) is 10.2 Å². The number of hydrogen-bond donors (Lipinski definition) is 1. The highest BCUT2D eigenvalue weighted by Crippen LogP contribution is 2.28. The first-order chi connectivity index (χ1) is 12.3. The summed E-state index contributed by atoms with van der Waals surface area (Å²) < 4.78 is 11.0. The Balaban J connectivity index is 0.00000243. The third-order valence-corrected chi connectivity index (χ3v) is 4.70. The second-order valence-corrected chi connectivity index (χ2v) is 6.60. The summed E-state index contributed by atoms with van der Waals surface area (Å²) in [5.74, 6) is 0.622. The van der Waals surface area contributed by atoms with E-state index in [-0.39, 0.29) is 7.40 Å². The second kappa shape index (κ2) is 8.90. The van der Waals surface area contributed by atoms with Crippen molar-refractivity contribution in [3.8, 4) is 5.75 Å². The zero-order valence-corrected chi connectivity index (χ0v) is 15.1. The molecule has 3 rings (SSSR count). The van der Waals surface area contributed by atoms with Crippen molar-refractivity contribution < 1.29 is 15.7 Å². The molecule has 1 N–H and O–H groups in total. The van der Waals surface area contributed by atoms with Crippen molar-refractivity contribution in [3.63, 3.8) is 0 Å². The molecule has 0 atom stereocenters. The Morgan fingerprint density at radius 2 is 2.12 bits per heavy atom. The largest absolute Gasteiger partial charge is 0.493 e. The van der Waals surface area contributed by atoms with Crippen molar-refractivity contribution in [2.45, 2.75) is 32.6 Å². The number of esters is 1. The lowest BCUT2D eigenvalue weighted by Crippen LogP contribution is -2.31. The molecule has 0 saturated carbocycles. The zero-order chi connectivity index (χ0) is 17.5. The highest BCUT2D eigenvalue weighted by molar-refractivity contribution is 5.97. The van der Waals surface area contributed by atoms with E-state index in [0.29, 0.717) is 18.7 Å². The molecule has 1 aromatic carbocycles. The molecule has 0 aliphatic carbocycles. The number of nitrogens with zero attached hydrogens (tertiary/aromatic N) is 1. The fraction of sp³-hybridized carbons (Fsp3) is 0.550. The molecule has 0 radical (unpaired) electrons. The van der Waals surface area contributed by atoms with Crippen molar-refractivity contribution in [2.75, 3.05) is 44.7 Å². The average Bonchev–Trinajstić information content (AvgIpc) is 2.66. The molecule has 25 heavy (non-hydrogen) atoms. The molecule has 1 fully saturated rings. The molecule has 5 nitrogen and oxygen atoms in total. The number of nitrogens with one attached hydrogen (secondary N) is 1. The van der Waals surface area contributed by atoms with E-state index in [1.807, 2.05) is 31.2 Å². The van der Waals surface area contributed by atoms with E-state index in [1.54, 1.807) is 0 Å². The number of ether oxygens (including phenoxy) is 2. The van der Waals surface area contributed by atoms with Crippen molar-refractivity contribution in [1.29, 1.82) is 0 Å². The van der Waals surface area contributed by atoms with Crippen LogP contribution in [0.25, 0.3) is 6.08 Å². The van der Waals surface area contributed by atoms with Gasteiger partial charge in [-0.05, 0) is 63.0 Å². The van der Waals surface area contributed by atoms with Gasteiger partial charge in [0.15, 0.2) is 0 Å². The molecule has 2 aliphatic heterocycles. The molecule has 0 unspecified atom stereocenters. The van der Waals surface area contributed by atoms with Gasteiger partial charge >= 0.3 is 5.97 Å². The minimum absolute atomic E-state index is 0. The topological polar surface area (TPSA) is 50.8 Å². The molecule has 0 aromatic heterocycles. The van der Waals surface area contributed by atoms with E-state index in [9.17, 15) is 4.79 Å². The molecule has 0 amide bonds. The Labute approximate surface area is 151 Å². The number of carbonyl (C=O) groups excluding carboxylic acids is 1. The van der Waals surface area contributed by atoms with Crippen LogP contribution in [0.2, 0.25) is 0 Å². The summed E-state index contributed by atoms with van der Waals surface area (Å²) >= 11 is 0. The van der Waals surface area contributed by atoms with Crippen LogP contribution in [-0.2, 0) is 9.53 Å². The summed E-state index contributed by atoms with van der Waals surface area (Å²) in [4.78, 5) is 14.4. The third-order valence-electron chi connectivity index (χ3n) is 4.70. The molecule has 0 spiro atoms. The van der Waals surface area contributed by atoms with E-state index >= 15 is 0 Å². The normalized spacial score (nSPS) is 17.2. The summed E-state index contributed by atoms with van der Waals surface area (Å²) in [5, 5.41) is 3.28. The molecule has 0 bridgehead atoms. The first kappa shape index (κ1) is 17.8. The van der Waals surface area contributed by atoms with E-state index < -0.39 is 0 Å². The summed E-state index contributed by atoms with van der Waals surface area (Å²) in [6.07, 6.45) is 6.99. The van der Waals surface area contributed by atoms with Crippen LogP contribution in [-0.4, -0.2) is 50.3 Å².